The molecule has 6 heteroatoms. The number of nitrogens with zero attached hydrogens (tertiary/aromatic N) is 1. The maximum absolute atomic E-state index is 11.9. The van der Waals surface area contributed by atoms with E-state index < -0.39 is 4.92 Å². The molecule has 0 bridgehead atoms. The molecular weight excluding hydrogens is 304 g/mol. The SMILES string of the molecule is Cc1ccc([N+](=O)[O-])cc1NC(=O)/C=C/c1ccccc1Cl. The Labute approximate surface area is 132 Å². The summed E-state index contributed by atoms with van der Waals surface area (Å²) in [6, 6.07) is 11.4. The number of amides is 1. The molecule has 0 aliphatic rings. The highest BCUT2D eigenvalue weighted by Gasteiger charge is 2.09. The molecule has 0 aromatic heterocycles. The normalized spacial score (nSPS) is 10.6. The van der Waals surface area contributed by atoms with Crippen LogP contribution in [-0.2, 0) is 4.79 Å². The van der Waals surface area contributed by atoms with Crippen LogP contribution in [0.4, 0.5) is 11.4 Å². The second kappa shape index (κ2) is 6.87. The predicted molar refractivity (Wildman–Crippen MR) is 86.9 cm³/mol. The molecule has 0 radical (unpaired) electrons. The van der Waals surface area contributed by atoms with Crippen LogP contribution in [0.2, 0.25) is 5.02 Å². The lowest BCUT2D eigenvalue weighted by molar-refractivity contribution is -0.384. The lowest BCUT2D eigenvalue weighted by atomic mass is 10.1. The number of hydrogen-bond acceptors (Lipinski definition) is 3. The lowest BCUT2D eigenvalue weighted by Crippen LogP contribution is -2.09. The van der Waals surface area contributed by atoms with Crippen molar-refractivity contribution in [3.63, 3.8) is 0 Å². The molecule has 0 aliphatic heterocycles. The van der Waals surface area contributed by atoms with Crippen molar-refractivity contribution >= 4 is 35.0 Å². The van der Waals surface area contributed by atoms with Gasteiger partial charge in [0.05, 0.1) is 10.6 Å². The number of anilines is 1. The van der Waals surface area contributed by atoms with Crippen molar-refractivity contribution in [2.24, 2.45) is 0 Å². The third-order valence-corrected chi connectivity index (χ3v) is 3.35. The second-order valence-corrected chi connectivity index (χ2v) is 5.01. The Morgan fingerprint density at radius 2 is 2.00 bits per heavy atom. The molecule has 1 N–H and O–H groups in total. The topological polar surface area (TPSA) is 72.2 Å². The van der Waals surface area contributed by atoms with E-state index in [1.54, 1.807) is 37.3 Å². The second-order valence-electron chi connectivity index (χ2n) is 4.60. The number of hydrogen-bond donors (Lipinski definition) is 1. The maximum Gasteiger partial charge on any atom is 0.271 e. The van der Waals surface area contributed by atoms with Crippen molar-refractivity contribution < 1.29 is 9.72 Å². The predicted octanol–water partition coefficient (Wildman–Crippen LogP) is 4.21. The molecule has 2 aromatic rings. The first-order valence-corrected chi connectivity index (χ1v) is 6.84. The molecule has 0 saturated carbocycles. The molecule has 0 saturated heterocycles. The molecular formula is C16H13ClN2O3. The van der Waals surface area contributed by atoms with E-state index in [1.165, 1.54) is 18.2 Å². The summed E-state index contributed by atoms with van der Waals surface area (Å²) in [5.74, 6) is -0.386. The van der Waals surface area contributed by atoms with Crippen LogP contribution in [0.25, 0.3) is 6.08 Å². The number of benzene rings is 2. The van der Waals surface area contributed by atoms with Crippen LogP contribution in [-0.4, -0.2) is 10.8 Å². The van der Waals surface area contributed by atoms with E-state index in [9.17, 15) is 14.9 Å². The Hall–Kier alpha value is -2.66. The van der Waals surface area contributed by atoms with Crippen LogP contribution >= 0.6 is 11.6 Å². The number of nitro benzene ring substituents is 1. The molecule has 0 fully saturated rings. The summed E-state index contributed by atoms with van der Waals surface area (Å²) in [4.78, 5) is 22.2. The highest BCUT2D eigenvalue weighted by molar-refractivity contribution is 6.32. The quantitative estimate of drug-likeness (QED) is 0.521. The van der Waals surface area contributed by atoms with Gasteiger partial charge in [0.1, 0.15) is 0 Å². The molecule has 0 atom stereocenters. The number of aryl methyl sites for hydroxylation is 1. The van der Waals surface area contributed by atoms with E-state index in [1.807, 2.05) is 6.07 Å². The minimum Gasteiger partial charge on any atom is -0.322 e. The van der Waals surface area contributed by atoms with Gasteiger partial charge < -0.3 is 5.32 Å². The standard InChI is InChI=1S/C16H13ClN2O3/c1-11-6-8-13(19(21)22)10-15(11)18-16(20)9-7-12-4-2-3-5-14(12)17/h2-10H,1H3,(H,18,20)/b9-7+. The summed E-state index contributed by atoms with van der Waals surface area (Å²) in [5, 5.41) is 13.9. The van der Waals surface area contributed by atoms with Gasteiger partial charge in [-0.1, -0.05) is 35.9 Å². The Balaban J connectivity index is 2.14. The summed E-state index contributed by atoms with van der Waals surface area (Å²) in [5.41, 5.74) is 1.79. The molecule has 2 aromatic carbocycles. The number of carbonyl (C=O) groups excluding carboxylic acids is 1. The summed E-state index contributed by atoms with van der Waals surface area (Å²) in [7, 11) is 0. The first-order chi connectivity index (χ1) is 10.5. The third kappa shape index (κ3) is 3.93. The molecule has 0 aliphatic carbocycles. The fraction of sp³-hybridized carbons (Fsp3) is 0.0625. The molecule has 0 heterocycles. The first kappa shape index (κ1) is 15.7. The van der Waals surface area contributed by atoms with E-state index in [0.717, 1.165) is 11.1 Å². The van der Waals surface area contributed by atoms with Gasteiger partial charge in [0, 0.05) is 23.2 Å². The van der Waals surface area contributed by atoms with Gasteiger partial charge in [-0.15, -0.1) is 0 Å². The Kier molecular flexibility index (Phi) is 4.91. The maximum atomic E-state index is 11.9. The highest BCUT2D eigenvalue weighted by Crippen LogP contribution is 2.22. The van der Waals surface area contributed by atoms with Crippen LogP contribution in [0.1, 0.15) is 11.1 Å². The van der Waals surface area contributed by atoms with Crippen LogP contribution in [0.15, 0.2) is 48.5 Å². The number of halogens is 1. The Morgan fingerprint density at radius 1 is 1.27 bits per heavy atom. The third-order valence-electron chi connectivity index (χ3n) is 3.01. The summed E-state index contributed by atoms with van der Waals surface area (Å²) in [6.07, 6.45) is 2.92. The minimum absolute atomic E-state index is 0.0732. The number of nitro groups is 1. The molecule has 0 unspecified atom stereocenters. The van der Waals surface area contributed by atoms with E-state index in [4.69, 9.17) is 11.6 Å². The van der Waals surface area contributed by atoms with Gasteiger partial charge in [-0.05, 0) is 30.2 Å². The van der Waals surface area contributed by atoms with Crippen molar-refractivity contribution in [3.8, 4) is 0 Å². The highest BCUT2D eigenvalue weighted by atomic mass is 35.5. The zero-order chi connectivity index (χ0) is 16.1. The summed E-state index contributed by atoms with van der Waals surface area (Å²) < 4.78 is 0. The van der Waals surface area contributed by atoms with Crippen LogP contribution in [0.3, 0.4) is 0 Å². The van der Waals surface area contributed by atoms with Gasteiger partial charge in [0.2, 0.25) is 5.91 Å². The van der Waals surface area contributed by atoms with Crippen molar-refractivity contribution in [1.82, 2.24) is 0 Å². The van der Waals surface area contributed by atoms with E-state index in [0.29, 0.717) is 10.7 Å². The van der Waals surface area contributed by atoms with Gasteiger partial charge in [0.15, 0.2) is 0 Å². The molecule has 1 amide bonds. The van der Waals surface area contributed by atoms with Gasteiger partial charge in [-0.2, -0.15) is 0 Å². The first-order valence-electron chi connectivity index (χ1n) is 6.46. The molecule has 112 valence electrons. The fourth-order valence-corrected chi connectivity index (χ4v) is 2.01. The van der Waals surface area contributed by atoms with E-state index in [-0.39, 0.29) is 11.6 Å². The zero-order valence-electron chi connectivity index (χ0n) is 11.7. The average molecular weight is 317 g/mol. The van der Waals surface area contributed by atoms with Crippen molar-refractivity contribution in [3.05, 3.63) is 74.8 Å². The molecule has 5 nitrogen and oxygen atoms in total. The number of non-ortho nitro benzene ring substituents is 1. The number of carbonyl (C=O) groups is 1. The van der Waals surface area contributed by atoms with E-state index in [2.05, 4.69) is 5.32 Å². The zero-order valence-corrected chi connectivity index (χ0v) is 12.5. The monoisotopic (exact) mass is 316 g/mol. The van der Waals surface area contributed by atoms with Crippen molar-refractivity contribution in [2.75, 3.05) is 5.32 Å². The van der Waals surface area contributed by atoms with Gasteiger partial charge >= 0.3 is 0 Å². The fourth-order valence-electron chi connectivity index (χ4n) is 1.81. The minimum atomic E-state index is -0.505. The van der Waals surface area contributed by atoms with Crippen molar-refractivity contribution in [1.29, 1.82) is 0 Å². The van der Waals surface area contributed by atoms with E-state index >= 15 is 0 Å². The van der Waals surface area contributed by atoms with Crippen molar-refractivity contribution in [2.45, 2.75) is 6.92 Å². The number of rotatable bonds is 4. The smallest absolute Gasteiger partial charge is 0.271 e. The average Bonchev–Trinajstić information content (AvgIpc) is 2.48. The van der Waals surface area contributed by atoms with Gasteiger partial charge in [-0.25, -0.2) is 0 Å². The molecule has 22 heavy (non-hydrogen) atoms. The van der Waals surface area contributed by atoms with Crippen LogP contribution < -0.4 is 5.32 Å². The van der Waals surface area contributed by atoms with Gasteiger partial charge in [-0.3, -0.25) is 14.9 Å². The van der Waals surface area contributed by atoms with Crippen LogP contribution in [0.5, 0.6) is 0 Å². The Morgan fingerprint density at radius 3 is 2.68 bits per heavy atom. The van der Waals surface area contributed by atoms with Gasteiger partial charge in [0.25, 0.3) is 5.69 Å². The summed E-state index contributed by atoms with van der Waals surface area (Å²) in [6.45, 7) is 1.76. The molecule has 0 spiro atoms. The molecule has 2 rings (SSSR count). The number of nitrogens with one attached hydrogen (secondary N) is 1. The lowest BCUT2D eigenvalue weighted by Gasteiger charge is -2.06. The largest absolute Gasteiger partial charge is 0.322 e. The summed E-state index contributed by atoms with van der Waals surface area (Å²) >= 11 is 5.99. The Bertz CT molecular complexity index is 757. The van der Waals surface area contributed by atoms with Crippen LogP contribution in [0, 0.1) is 17.0 Å².